The maximum atomic E-state index is 12.5. The van der Waals surface area contributed by atoms with E-state index >= 15 is 0 Å². The molecular weight excluding hydrogens is 428 g/mol. The van der Waals surface area contributed by atoms with E-state index in [4.69, 9.17) is 22.3 Å². The van der Waals surface area contributed by atoms with E-state index in [9.17, 15) is 8.78 Å². The molecule has 30 heavy (non-hydrogen) atoms. The van der Waals surface area contributed by atoms with Crippen molar-refractivity contribution in [2.45, 2.75) is 25.9 Å². The molecule has 2 aliphatic heterocycles. The molecule has 2 aliphatic rings. The topological polar surface area (TPSA) is 66.9 Å². The van der Waals surface area contributed by atoms with Crippen molar-refractivity contribution in [2.75, 3.05) is 6.54 Å². The third-order valence-corrected chi connectivity index (χ3v) is 6.15. The quantitative estimate of drug-likeness (QED) is 0.516. The Bertz CT molecular complexity index is 1050. The number of aromatic nitrogens is 1. The average molecular weight is 448 g/mol. The highest BCUT2D eigenvalue weighted by molar-refractivity contribution is 7.11. The molecule has 4 rings (SSSR count). The summed E-state index contributed by atoms with van der Waals surface area (Å²) in [5, 5.41) is 3.30. The molecule has 2 atom stereocenters. The number of allylic oxidation sites excluding steroid dienone is 2. The zero-order chi connectivity index (χ0) is 21.3. The summed E-state index contributed by atoms with van der Waals surface area (Å²) in [4.78, 5) is 14.7. The molecule has 0 spiro atoms. The summed E-state index contributed by atoms with van der Waals surface area (Å²) < 4.78 is 24.9. The van der Waals surface area contributed by atoms with Gasteiger partial charge in [0, 0.05) is 46.3 Å². The number of benzene rings is 1. The molecule has 9 heteroatoms. The zero-order valence-electron chi connectivity index (χ0n) is 16.2. The van der Waals surface area contributed by atoms with E-state index in [0.29, 0.717) is 16.6 Å². The van der Waals surface area contributed by atoms with Gasteiger partial charge in [0.25, 0.3) is 0 Å². The third-order valence-electron chi connectivity index (χ3n) is 5.04. The number of fused-ring (bicyclic) bond motifs is 1. The van der Waals surface area contributed by atoms with Crippen LogP contribution < -0.4 is 5.73 Å². The van der Waals surface area contributed by atoms with Crippen LogP contribution in [0.25, 0.3) is 0 Å². The van der Waals surface area contributed by atoms with Crippen LogP contribution in [0.1, 0.15) is 30.0 Å². The first-order valence-corrected chi connectivity index (χ1v) is 10.7. The van der Waals surface area contributed by atoms with Crippen LogP contribution in [0.4, 0.5) is 8.78 Å². The molecule has 3 heterocycles. The number of aliphatic imine (C=N–C) groups is 2. The molecule has 2 aromatic rings. The number of hydrogen-bond acceptors (Lipinski definition) is 6. The van der Waals surface area contributed by atoms with Gasteiger partial charge in [0.1, 0.15) is 6.04 Å². The van der Waals surface area contributed by atoms with Crippen molar-refractivity contribution in [3.05, 3.63) is 74.5 Å². The van der Waals surface area contributed by atoms with E-state index < -0.39 is 12.6 Å². The lowest BCUT2D eigenvalue weighted by atomic mass is 9.91. The van der Waals surface area contributed by atoms with Crippen LogP contribution in [0.2, 0.25) is 5.02 Å². The smallest absolute Gasteiger partial charge is 0.331 e. The second-order valence-electron chi connectivity index (χ2n) is 7.19. The molecule has 0 radical (unpaired) electrons. The number of nitrogens with two attached hydrogens (primary N) is 1. The maximum Gasteiger partial charge on any atom is 0.331 e. The van der Waals surface area contributed by atoms with E-state index in [1.807, 2.05) is 23.6 Å². The van der Waals surface area contributed by atoms with Gasteiger partial charge in [-0.1, -0.05) is 36.7 Å². The molecule has 1 saturated heterocycles. The Hall–Kier alpha value is -2.58. The number of hydrogen-bond donors (Lipinski definition) is 1. The number of thiazole rings is 1. The molecule has 1 unspecified atom stereocenters. The zero-order valence-corrected chi connectivity index (χ0v) is 17.7. The van der Waals surface area contributed by atoms with E-state index in [1.54, 1.807) is 12.3 Å². The molecule has 1 aromatic carbocycles. The summed E-state index contributed by atoms with van der Waals surface area (Å²) >= 11 is 8.03. The standard InChI is InChI=1S/C21H20ClF2N5S/c1-12-10-16-17(15(25)6-7-27-21(23)24)18(13-4-2-3-5-14(13)22)28-19(29(16)11-12)20-26-8-9-30-20/h2-9,12,18,21H,10-11,25H2,1H3/t12?,18-/m0/s1. The van der Waals surface area contributed by atoms with Gasteiger partial charge in [-0.3, -0.25) is 4.99 Å². The number of amidine groups is 1. The van der Waals surface area contributed by atoms with Gasteiger partial charge in [-0.05, 0) is 30.0 Å². The van der Waals surface area contributed by atoms with Crippen LogP contribution in [0.3, 0.4) is 0 Å². The number of rotatable bonds is 5. The lowest BCUT2D eigenvalue weighted by Gasteiger charge is -2.33. The normalized spacial score (nSPS) is 22.2. The molecule has 1 fully saturated rings. The van der Waals surface area contributed by atoms with Gasteiger partial charge < -0.3 is 10.6 Å². The van der Waals surface area contributed by atoms with Crippen molar-refractivity contribution in [2.24, 2.45) is 21.6 Å². The highest BCUT2D eigenvalue weighted by Crippen LogP contribution is 2.44. The lowest BCUT2D eigenvalue weighted by molar-refractivity contribution is 0.161. The summed E-state index contributed by atoms with van der Waals surface area (Å²) in [7, 11) is 0. The second-order valence-corrected chi connectivity index (χ2v) is 8.49. The predicted octanol–water partition coefficient (Wildman–Crippen LogP) is 5.03. The van der Waals surface area contributed by atoms with Crippen molar-refractivity contribution >= 4 is 35.0 Å². The molecule has 0 amide bonds. The Labute approximate surface area is 182 Å². The monoisotopic (exact) mass is 447 g/mol. The van der Waals surface area contributed by atoms with E-state index in [0.717, 1.165) is 46.9 Å². The van der Waals surface area contributed by atoms with Gasteiger partial charge in [0.2, 0.25) is 0 Å². The summed E-state index contributed by atoms with van der Waals surface area (Å²) in [6, 6.07) is 6.99. The van der Waals surface area contributed by atoms with Crippen molar-refractivity contribution in [1.82, 2.24) is 9.88 Å². The Balaban J connectivity index is 1.89. The minimum absolute atomic E-state index is 0.348. The lowest BCUT2D eigenvalue weighted by Crippen LogP contribution is -2.34. The van der Waals surface area contributed by atoms with Crippen molar-refractivity contribution in [1.29, 1.82) is 0 Å². The number of nitrogens with zero attached hydrogens (tertiary/aromatic N) is 4. The van der Waals surface area contributed by atoms with E-state index in [2.05, 4.69) is 21.8 Å². The Morgan fingerprint density at radius 3 is 2.90 bits per heavy atom. The average Bonchev–Trinajstić information content (AvgIpc) is 3.36. The van der Waals surface area contributed by atoms with Gasteiger partial charge in [-0.25, -0.2) is 9.98 Å². The largest absolute Gasteiger partial charge is 0.398 e. The van der Waals surface area contributed by atoms with Crippen molar-refractivity contribution in [3.8, 4) is 0 Å². The molecule has 0 bridgehead atoms. The minimum atomic E-state index is -2.78. The molecule has 156 valence electrons. The third kappa shape index (κ3) is 4.02. The summed E-state index contributed by atoms with van der Waals surface area (Å²) in [5.41, 5.74) is 9.34. The number of halogens is 3. The summed E-state index contributed by atoms with van der Waals surface area (Å²) in [6.07, 6.45) is 4.99. The van der Waals surface area contributed by atoms with Crippen molar-refractivity contribution in [3.63, 3.8) is 0 Å². The van der Waals surface area contributed by atoms with Crippen LogP contribution in [0, 0.1) is 5.92 Å². The Morgan fingerprint density at radius 2 is 2.20 bits per heavy atom. The fourth-order valence-corrected chi connectivity index (χ4v) is 4.72. The summed E-state index contributed by atoms with van der Waals surface area (Å²) in [5.74, 6) is 1.17. The molecule has 0 saturated carbocycles. The van der Waals surface area contributed by atoms with Gasteiger partial charge in [-0.2, -0.15) is 8.78 Å². The molecule has 0 aliphatic carbocycles. The first kappa shape index (κ1) is 20.7. The number of alkyl halides is 2. The SMILES string of the molecule is CC1CC2=C(C(N)=CC=NC(F)F)[C@H](c3ccccc3Cl)N=C(c3nccs3)N2C1. The first-order valence-electron chi connectivity index (χ1n) is 9.45. The van der Waals surface area contributed by atoms with Crippen LogP contribution >= 0.6 is 22.9 Å². The summed E-state index contributed by atoms with van der Waals surface area (Å²) in [6.45, 7) is 0.158. The molecule has 1 aromatic heterocycles. The fraction of sp³-hybridized carbons (Fsp3) is 0.286. The van der Waals surface area contributed by atoms with Crippen LogP contribution in [0.5, 0.6) is 0 Å². The van der Waals surface area contributed by atoms with Crippen LogP contribution in [-0.2, 0) is 0 Å². The predicted molar refractivity (Wildman–Crippen MR) is 117 cm³/mol. The fourth-order valence-electron chi connectivity index (χ4n) is 3.84. The second kappa shape index (κ2) is 8.65. The highest BCUT2D eigenvalue weighted by atomic mass is 35.5. The van der Waals surface area contributed by atoms with E-state index in [1.165, 1.54) is 17.4 Å². The Morgan fingerprint density at radius 1 is 1.40 bits per heavy atom. The van der Waals surface area contributed by atoms with Crippen LogP contribution in [-0.4, -0.2) is 35.0 Å². The first-order chi connectivity index (χ1) is 14.5. The molecular formula is C21H20ClF2N5S. The van der Waals surface area contributed by atoms with Gasteiger partial charge in [-0.15, -0.1) is 11.3 Å². The van der Waals surface area contributed by atoms with Gasteiger partial charge in [0.05, 0.1) is 0 Å². The molecule has 2 N–H and O–H groups in total. The van der Waals surface area contributed by atoms with Crippen LogP contribution in [0.15, 0.2) is 68.9 Å². The van der Waals surface area contributed by atoms with Crippen molar-refractivity contribution < 1.29 is 8.78 Å². The van der Waals surface area contributed by atoms with Gasteiger partial charge in [0.15, 0.2) is 10.8 Å². The highest BCUT2D eigenvalue weighted by Gasteiger charge is 2.38. The maximum absolute atomic E-state index is 12.5. The Kier molecular flexibility index (Phi) is 5.97. The van der Waals surface area contributed by atoms with Gasteiger partial charge >= 0.3 is 6.55 Å². The molecule has 5 nitrogen and oxygen atoms in total. The minimum Gasteiger partial charge on any atom is -0.398 e. The van der Waals surface area contributed by atoms with E-state index in [-0.39, 0.29) is 0 Å².